The van der Waals surface area contributed by atoms with E-state index in [1.54, 1.807) is 4.90 Å². The number of nitrogens with one attached hydrogen (secondary N) is 1. The van der Waals surface area contributed by atoms with Crippen molar-refractivity contribution in [2.75, 3.05) is 13.2 Å². The zero-order valence-electron chi connectivity index (χ0n) is 20.8. The highest BCUT2D eigenvalue weighted by Crippen LogP contribution is 2.17. The topological polar surface area (TPSA) is 58.6 Å². The van der Waals surface area contributed by atoms with Crippen LogP contribution in [0.2, 0.25) is 0 Å². The third kappa shape index (κ3) is 8.60. The first-order valence-electron chi connectivity index (χ1n) is 12.4. The normalized spacial score (nSPS) is 11.5. The van der Waals surface area contributed by atoms with Crippen molar-refractivity contribution in [3.63, 3.8) is 0 Å². The molecule has 1 atom stereocenters. The van der Waals surface area contributed by atoms with Gasteiger partial charge in [0.1, 0.15) is 11.8 Å². The molecule has 0 fully saturated rings. The van der Waals surface area contributed by atoms with Gasteiger partial charge in [0.15, 0.2) is 0 Å². The quantitative estimate of drug-likeness (QED) is 0.343. The molecule has 0 bridgehead atoms. The lowest BCUT2D eigenvalue weighted by Gasteiger charge is -2.31. The molecule has 0 saturated heterocycles. The molecule has 0 spiro atoms. The molecule has 0 heterocycles. The SMILES string of the molecule is CCCNC(=O)[C@H](Cc1ccccc1)N(Cc1ccccc1)C(=O)CCCOc1ccc(C)cc1. The molecule has 5 nitrogen and oxygen atoms in total. The van der Waals surface area contributed by atoms with E-state index in [4.69, 9.17) is 4.74 Å². The molecule has 3 rings (SSSR count). The molecule has 0 aliphatic carbocycles. The van der Waals surface area contributed by atoms with E-state index in [1.807, 2.05) is 98.8 Å². The second-order valence-corrected chi connectivity index (χ2v) is 8.77. The van der Waals surface area contributed by atoms with Gasteiger partial charge in [-0.05, 0) is 43.0 Å². The summed E-state index contributed by atoms with van der Waals surface area (Å²) in [7, 11) is 0. The number of hydrogen-bond acceptors (Lipinski definition) is 3. The van der Waals surface area contributed by atoms with Crippen molar-refractivity contribution in [2.45, 2.75) is 52.1 Å². The predicted molar refractivity (Wildman–Crippen MR) is 140 cm³/mol. The van der Waals surface area contributed by atoms with Gasteiger partial charge < -0.3 is 15.0 Å². The predicted octanol–water partition coefficient (Wildman–Crippen LogP) is 5.32. The number of nitrogens with zero attached hydrogens (tertiary/aromatic N) is 1. The Balaban J connectivity index is 1.74. The van der Waals surface area contributed by atoms with Crippen molar-refractivity contribution in [1.29, 1.82) is 0 Å². The zero-order chi connectivity index (χ0) is 24.9. The molecule has 184 valence electrons. The summed E-state index contributed by atoms with van der Waals surface area (Å²) in [4.78, 5) is 28.5. The number of hydrogen-bond donors (Lipinski definition) is 1. The van der Waals surface area contributed by atoms with E-state index in [1.165, 1.54) is 5.56 Å². The number of ether oxygens (including phenoxy) is 1. The number of benzene rings is 3. The minimum absolute atomic E-state index is 0.0473. The number of aryl methyl sites for hydroxylation is 1. The third-order valence-electron chi connectivity index (χ3n) is 5.84. The smallest absolute Gasteiger partial charge is 0.243 e. The molecule has 5 heteroatoms. The van der Waals surface area contributed by atoms with Crippen LogP contribution in [0.4, 0.5) is 0 Å². The van der Waals surface area contributed by atoms with Crippen molar-refractivity contribution < 1.29 is 14.3 Å². The van der Waals surface area contributed by atoms with E-state index in [9.17, 15) is 9.59 Å². The van der Waals surface area contributed by atoms with Crippen LogP contribution < -0.4 is 10.1 Å². The second-order valence-electron chi connectivity index (χ2n) is 8.77. The molecule has 3 aromatic carbocycles. The molecule has 2 amide bonds. The average molecular weight is 473 g/mol. The lowest BCUT2D eigenvalue weighted by Crippen LogP contribution is -2.50. The molecule has 35 heavy (non-hydrogen) atoms. The number of carbonyl (C=O) groups excluding carboxylic acids is 2. The summed E-state index contributed by atoms with van der Waals surface area (Å²) in [5.41, 5.74) is 3.20. The van der Waals surface area contributed by atoms with Gasteiger partial charge in [0.25, 0.3) is 0 Å². The van der Waals surface area contributed by atoms with E-state index >= 15 is 0 Å². The fourth-order valence-electron chi connectivity index (χ4n) is 3.89. The molecule has 3 aromatic rings. The minimum atomic E-state index is -0.588. The van der Waals surface area contributed by atoms with Gasteiger partial charge >= 0.3 is 0 Å². The van der Waals surface area contributed by atoms with Crippen LogP contribution in [0.5, 0.6) is 5.75 Å². The van der Waals surface area contributed by atoms with Gasteiger partial charge in [-0.15, -0.1) is 0 Å². The van der Waals surface area contributed by atoms with E-state index in [0.29, 0.717) is 39.0 Å². The summed E-state index contributed by atoms with van der Waals surface area (Å²) in [6, 6.07) is 27.0. The standard InChI is InChI=1S/C30H36N2O3/c1-3-20-31-30(34)28(22-25-11-6-4-7-12-25)32(23-26-13-8-5-9-14-26)29(33)15-10-21-35-27-18-16-24(2)17-19-27/h4-9,11-14,16-19,28H,3,10,15,20-23H2,1-2H3,(H,31,34)/t28-/m0/s1. The molecule has 0 aromatic heterocycles. The summed E-state index contributed by atoms with van der Waals surface area (Å²) >= 11 is 0. The van der Waals surface area contributed by atoms with Crippen molar-refractivity contribution in [1.82, 2.24) is 10.2 Å². The molecule has 0 aliphatic heterocycles. The Hall–Kier alpha value is -3.60. The first kappa shape index (κ1) is 26.0. The van der Waals surface area contributed by atoms with Crippen molar-refractivity contribution in [3.8, 4) is 5.75 Å². The molecular weight excluding hydrogens is 436 g/mol. The largest absolute Gasteiger partial charge is 0.494 e. The summed E-state index contributed by atoms with van der Waals surface area (Å²) in [5, 5.41) is 3.01. The Kier molecular flexibility index (Phi) is 10.4. The highest BCUT2D eigenvalue weighted by molar-refractivity contribution is 5.88. The maximum Gasteiger partial charge on any atom is 0.243 e. The van der Waals surface area contributed by atoms with Gasteiger partial charge in [-0.1, -0.05) is 85.3 Å². The fourth-order valence-corrected chi connectivity index (χ4v) is 3.89. The molecule has 0 radical (unpaired) electrons. The van der Waals surface area contributed by atoms with Crippen molar-refractivity contribution >= 4 is 11.8 Å². The van der Waals surface area contributed by atoms with Gasteiger partial charge in [-0.3, -0.25) is 9.59 Å². The first-order chi connectivity index (χ1) is 17.1. The van der Waals surface area contributed by atoms with Crippen molar-refractivity contribution in [3.05, 3.63) is 102 Å². The Morgan fingerprint density at radius 2 is 1.51 bits per heavy atom. The van der Waals surface area contributed by atoms with Gasteiger partial charge in [-0.25, -0.2) is 0 Å². The van der Waals surface area contributed by atoms with Crippen LogP contribution in [-0.4, -0.2) is 35.9 Å². The first-order valence-corrected chi connectivity index (χ1v) is 12.4. The van der Waals surface area contributed by atoms with E-state index in [-0.39, 0.29) is 11.8 Å². The Bertz CT molecular complexity index is 1040. The maximum absolute atomic E-state index is 13.5. The van der Waals surface area contributed by atoms with E-state index in [0.717, 1.165) is 23.3 Å². The van der Waals surface area contributed by atoms with Crippen LogP contribution in [0.25, 0.3) is 0 Å². The average Bonchev–Trinajstić information content (AvgIpc) is 2.89. The van der Waals surface area contributed by atoms with Crippen LogP contribution in [0.1, 0.15) is 42.9 Å². The third-order valence-corrected chi connectivity index (χ3v) is 5.84. The Morgan fingerprint density at radius 3 is 2.14 bits per heavy atom. The molecular formula is C30H36N2O3. The van der Waals surface area contributed by atoms with Crippen LogP contribution in [-0.2, 0) is 22.6 Å². The number of carbonyl (C=O) groups is 2. The summed E-state index contributed by atoms with van der Waals surface area (Å²) < 4.78 is 5.82. The lowest BCUT2D eigenvalue weighted by atomic mass is 10.0. The van der Waals surface area contributed by atoms with Crippen LogP contribution in [0, 0.1) is 6.92 Å². The Labute approximate surface area is 209 Å². The summed E-state index contributed by atoms with van der Waals surface area (Å²) in [6.07, 6.45) is 2.19. The maximum atomic E-state index is 13.5. The monoisotopic (exact) mass is 472 g/mol. The highest BCUT2D eigenvalue weighted by atomic mass is 16.5. The zero-order valence-corrected chi connectivity index (χ0v) is 20.8. The van der Waals surface area contributed by atoms with Gasteiger partial charge in [-0.2, -0.15) is 0 Å². The van der Waals surface area contributed by atoms with Crippen LogP contribution >= 0.6 is 0 Å². The van der Waals surface area contributed by atoms with Gasteiger partial charge in [0.05, 0.1) is 6.61 Å². The molecule has 0 saturated carbocycles. The lowest BCUT2D eigenvalue weighted by molar-refractivity contribution is -0.141. The van der Waals surface area contributed by atoms with Crippen molar-refractivity contribution in [2.24, 2.45) is 0 Å². The van der Waals surface area contributed by atoms with Crippen LogP contribution in [0.3, 0.4) is 0 Å². The minimum Gasteiger partial charge on any atom is -0.494 e. The Morgan fingerprint density at radius 1 is 0.886 bits per heavy atom. The second kappa shape index (κ2) is 14.0. The van der Waals surface area contributed by atoms with Gasteiger partial charge in [0, 0.05) is 25.9 Å². The number of rotatable bonds is 13. The summed E-state index contributed by atoms with van der Waals surface area (Å²) in [6.45, 7) is 5.47. The van der Waals surface area contributed by atoms with Gasteiger partial charge in [0.2, 0.25) is 11.8 Å². The summed E-state index contributed by atoms with van der Waals surface area (Å²) in [5.74, 6) is 0.634. The molecule has 0 unspecified atom stereocenters. The number of amides is 2. The van der Waals surface area contributed by atoms with Crippen LogP contribution in [0.15, 0.2) is 84.9 Å². The van der Waals surface area contributed by atoms with E-state index < -0.39 is 6.04 Å². The molecule has 1 N–H and O–H groups in total. The van der Waals surface area contributed by atoms with E-state index in [2.05, 4.69) is 5.32 Å². The fraction of sp³-hybridized carbons (Fsp3) is 0.333. The molecule has 0 aliphatic rings. The highest BCUT2D eigenvalue weighted by Gasteiger charge is 2.29.